The van der Waals surface area contributed by atoms with Gasteiger partial charge in [0, 0.05) is 6.04 Å². The van der Waals surface area contributed by atoms with Crippen molar-refractivity contribution in [3.63, 3.8) is 0 Å². The van der Waals surface area contributed by atoms with E-state index < -0.39 is 0 Å². The van der Waals surface area contributed by atoms with Gasteiger partial charge in [0.2, 0.25) is 0 Å². The van der Waals surface area contributed by atoms with Gasteiger partial charge in [0.05, 0.1) is 0 Å². The zero-order valence-electron chi connectivity index (χ0n) is 13.1. The maximum Gasteiger partial charge on any atom is 0.0305 e. The summed E-state index contributed by atoms with van der Waals surface area (Å²) in [6.45, 7) is 2.36. The highest BCUT2D eigenvalue weighted by molar-refractivity contribution is 5.13. The maximum absolute atomic E-state index is 3.65. The Bertz CT molecular complexity index is 273. The van der Waals surface area contributed by atoms with E-state index in [1.807, 2.05) is 0 Å². The lowest BCUT2D eigenvalue weighted by Gasteiger charge is -2.35. The molecule has 0 saturated heterocycles. The van der Waals surface area contributed by atoms with Gasteiger partial charge >= 0.3 is 0 Å². The third-order valence-corrected chi connectivity index (χ3v) is 5.48. The van der Waals surface area contributed by atoms with E-state index in [2.05, 4.69) is 25.4 Å². The zero-order chi connectivity index (χ0) is 13.5. The van der Waals surface area contributed by atoms with Crippen molar-refractivity contribution >= 4 is 0 Å². The Hall–Kier alpha value is -0.300. The fourth-order valence-corrected chi connectivity index (χ4v) is 4.15. The standard InChI is InChI=1S/C18H33N/c1-3-15-11-13-17(14-12-15)18(19-2)16-9-7-5-4-6-8-10-16/h9,15,17-19H,3-8,10-14H2,1-2H3. The fourth-order valence-electron chi connectivity index (χ4n) is 4.15. The zero-order valence-corrected chi connectivity index (χ0v) is 13.1. The van der Waals surface area contributed by atoms with Crippen LogP contribution in [0, 0.1) is 11.8 Å². The van der Waals surface area contributed by atoms with Gasteiger partial charge < -0.3 is 5.32 Å². The predicted octanol–water partition coefficient (Wildman–Crippen LogP) is 5.07. The van der Waals surface area contributed by atoms with Crippen molar-refractivity contribution in [1.82, 2.24) is 5.32 Å². The summed E-state index contributed by atoms with van der Waals surface area (Å²) in [4.78, 5) is 0. The minimum atomic E-state index is 0.677. The molecule has 0 bridgehead atoms. The summed E-state index contributed by atoms with van der Waals surface area (Å²) >= 11 is 0. The Kier molecular flexibility index (Phi) is 6.43. The molecule has 0 spiro atoms. The van der Waals surface area contributed by atoms with Crippen molar-refractivity contribution in [3.8, 4) is 0 Å². The van der Waals surface area contributed by atoms with E-state index in [4.69, 9.17) is 0 Å². The molecule has 1 nitrogen and oxygen atoms in total. The van der Waals surface area contributed by atoms with Crippen LogP contribution in [0.4, 0.5) is 0 Å². The molecule has 0 aromatic rings. The molecule has 1 heteroatoms. The normalized spacial score (nSPS) is 31.2. The van der Waals surface area contributed by atoms with E-state index in [9.17, 15) is 0 Å². The first-order valence-electron chi connectivity index (χ1n) is 8.71. The van der Waals surface area contributed by atoms with Crippen molar-refractivity contribution in [2.75, 3.05) is 7.05 Å². The van der Waals surface area contributed by atoms with Gasteiger partial charge in [-0.15, -0.1) is 0 Å². The largest absolute Gasteiger partial charge is 0.313 e. The smallest absolute Gasteiger partial charge is 0.0305 e. The third-order valence-electron chi connectivity index (χ3n) is 5.48. The van der Waals surface area contributed by atoms with Crippen LogP contribution in [0.2, 0.25) is 0 Å². The first-order chi connectivity index (χ1) is 9.35. The molecular weight excluding hydrogens is 230 g/mol. The summed E-state index contributed by atoms with van der Waals surface area (Å²) in [6.07, 6.45) is 18.1. The van der Waals surface area contributed by atoms with Gasteiger partial charge in [-0.3, -0.25) is 0 Å². The van der Waals surface area contributed by atoms with Crippen LogP contribution in [-0.2, 0) is 0 Å². The number of rotatable bonds is 4. The van der Waals surface area contributed by atoms with E-state index in [1.165, 1.54) is 70.6 Å². The summed E-state index contributed by atoms with van der Waals surface area (Å²) in [5, 5.41) is 3.65. The maximum atomic E-state index is 3.65. The Morgan fingerprint density at radius 1 is 1.11 bits per heavy atom. The quantitative estimate of drug-likeness (QED) is 0.698. The molecule has 2 rings (SSSR count). The number of allylic oxidation sites excluding steroid dienone is 1. The molecule has 0 aromatic heterocycles. The van der Waals surface area contributed by atoms with Crippen LogP contribution in [0.25, 0.3) is 0 Å². The highest BCUT2D eigenvalue weighted by Gasteiger charge is 2.28. The second-order valence-corrected chi connectivity index (χ2v) is 6.69. The van der Waals surface area contributed by atoms with Crippen molar-refractivity contribution in [3.05, 3.63) is 11.6 Å². The molecule has 0 aromatic carbocycles. The Balaban J connectivity index is 1.94. The van der Waals surface area contributed by atoms with E-state index in [0.717, 1.165) is 11.8 Å². The second kappa shape index (κ2) is 8.09. The highest BCUT2D eigenvalue weighted by Crippen LogP contribution is 2.35. The molecule has 1 unspecified atom stereocenters. The van der Waals surface area contributed by atoms with Crippen LogP contribution in [0.5, 0.6) is 0 Å². The van der Waals surface area contributed by atoms with Gasteiger partial charge in [0.1, 0.15) is 0 Å². The van der Waals surface area contributed by atoms with Crippen LogP contribution >= 0.6 is 0 Å². The van der Waals surface area contributed by atoms with Crippen LogP contribution in [0.3, 0.4) is 0 Å². The van der Waals surface area contributed by atoms with Gasteiger partial charge in [0.15, 0.2) is 0 Å². The molecule has 1 saturated carbocycles. The summed E-state index contributed by atoms with van der Waals surface area (Å²) in [6, 6.07) is 0.677. The molecule has 1 N–H and O–H groups in total. The summed E-state index contributed by atoms with van der Waals surface area (Å²) < 4.78 is 0. The molecule has 110 valence electrons. The highest BCUT2D eigenvalue weighted by atomic mass is 14.9. The van der Waals surface area contributed by atoms with E-state index in [1.54, 1.807) is 5.57 Å². The molecule has 0 amide bonds. The van der Waals surface area contributed by atoms with Crippen molar-refractivity contribution in [1.29, 1.82) is 0 Å². The lowest BCUT2D eigenvalue weighted by molar-refractivity contribution is 0.235. The number of hydrogen-bond donors (Lipinski definition) is 1. The second-order valence-electron chi connectivity index (χ2n) is 6.69. The molecule has 1 fully saturated rings. The van der Waals surface area contributed by atoms with Crippen LogP contribution in [0.15, 0.2) is 11.6 Å². The first kappa shape index (κ1) is 15.1. The number of hydrogen-bond acceptors (Lipinski definition) is 1. The monoisotopic (exact) mass is 263 g/mol. The molecule has 0 heterocycles. The van der Waals surface area contributed by atoms with E-state index in [0.29, 0.717) is 6.04 Å². The summed E-state index contributed by atoms with van der Waals surface area (Å²) in [5.74, 6) is 1.92. The average molecular weight is 263 g/mol. The van der Waals surface area contributed by atoms with Crippen molar-refractivity contribution in [2.24, 2.45) is 11.8 Å². The third kappa shape index (κ3) is 4.34. The van der Waals surface area contributed by atoms with Gasteiger partial charge in [-0.1, -0.05) is 50.7 Å². The Morgan fingerprint density at radius 3 is 2.53 bits per heavy atom. The van der Waals surface area contributed by atoms with Gasteiger partial charge in [0.25, 0.3) is 0 Å². The Morgan fingerprint density at radius 2 is 1.84 bits per heavy atom. The van der Waals surface area contributed by atoms with Crippen LogP contribution < -0.4 is 5.32 Å². The topological polar surface area (TPSA) is 12.0 Å². The molecule has 1 atom stereocenters. The minimum Gasteiger partial charge on any atom is -0.313 e. The predicted molar refractivity (Wildman–Crippen MR) is 84.4 cm³/mol. The lowest BCUT2D eigenvalue weighted by atomic mass is 9.75. The molecule has 2 aliphatic carbocycles. The van der Waals surface area contributed by atoms with Gasteiger partial charge in [-0.2, -0.15) is 0 Å². The fraction of sp³-hybridized carbons (Fsp3) is 0.889. The van der Waals surface area contributed by atoms with Gasteiger partial charge in [-0.05, 0) is 57.4 Å². The number of nitrogens with one attached hydrogen (secondary N) is 1. The van der Waals surface area contributed by atoms with Gasteiger partial charge in [-0.25, -0.2) is 0 Å². The average Bonchev–Trinajstić information content (AvgIpc) is 2.42. The van der Waals surface area contributed by atoms with Crippen LogP contribution in [-0.4, -0.2) is 13.1 Å². The summed E-state index contributed by atoms with van der Waals surface area (Å²) in [5.41, 5.74) is 1.74. The molecule has 0 aliphatic heterocycles. The van der Waals surface area contributed by atoms with E-state index in [-0.39, 0.29) is 0 Å². The molecule has 0 radical (unpaired) electrons. The lowest BCUT2D eigenvalue weighted by Crippen LogP contribution is -2.37. The van der Waals surface area contributed by atoms with Crippen molar-refractivity contribution in [2.45, 2.75) is 83.6 Å². The first-order valence-corrected chi connectivity index (χ1v) is 8.71. The van der Waals surface area contributed by atoms with E-state index >= 15 is 0 Å². The van der Waals surface area contributed by atoms with Crippen molar-refractivity contribution < 1.29 is 0 Å². The Labute approximate surface area is 120 Å². The molecule has 19 heavy (non-hydrogen) atoms. The SMILES string of the molecule is CCC1CCC(C(NC)C2=CCCCCCC2)CC1. The minimum absolute atomic E-state index is 0.677. The number of likely N-dealkylation sites (N-methyl/N-ethyl adjacent to an activating group) is 1. The molecular formula is C18H33N. The van der Waals surface area contributed by atoms with Crippen LogP contribution in [0.1, 0.15) is 77.6 Å². The molecule has 2 aliphatic rings. The summed E-state index contributed by atoms with van der Waals surface area (Å²) in [7, 11) is 2.18.